The van der Waals surface area contributed by atoms with Crippen molar-refractivity contribution in [3.63, 3.8) is 0 Å². The normalized spacial score (nSPS) is 13.6. The first kappa shape index (κ1) is 12.6. The van der Waals surface area contributed by atoms with E-state index in [1.807, 2.05) is 0 Å². The molecule has 0 bridgehead atoms. The Morgan fingerprint density at radius 2 is 1.89 bits per heavy atom. The molecule has 2 aromatic rings. The molecule has 0 aliphatic heterocycles. The molecule has 6 heteroatoms. The van der Waals surface area contributed by atoms with Crippen LogP contribution in [0.2, 0.25) is 0 Å². The summed E-state index contributed by atoms with van der Waals surface area (Å²) in [5.41, 5.74) is 6.17. The fraction of sp³-hybridized carbons (Fsp3) is 0.250. The highest BCUT2D eigenvalue weighted by Crippen LogP contribution is 2.28. The SMILES string of the molecule is C[C@H](N)c1ccccc1-n1ccc(C(F)(F)F)n1. The maximum atomic E-state index is 12.5. The Morgan fingerprint density at radius 3 is 2.44 bits per heavy atom. The predicted molar refractivity (Wildman–Crippen MR) is 61.2 cm³/mol. The van der Waals surface area contributed by atoms with Crippen molar-refractivity contribution in [2.45, 2.75) is 19.1 Å². The van der Waals surface area contributed by atoms with E-state index in [2.05, 4.69) is 5.10 Å². The fourth-order valence-electron chi connectivity index (χ4n) is 1.69. The number of rotatable bonds is 2. The van der Waals surface area contributed by atoms with E-state index in [1.165, 1.54) is 10.9 Å². The lowest BCUT2D eigenvalue weighted by Crippen LogP contribution is -2.11. The second-order valence-corrected chi connectivity index (χ2v) is 3.99. The van der Waals surface area contributed by atoms with E-state index < -0.39 is 11.9 Å². The quantitative estimate of drug-likeness (QED) is 0.896. The first-order valence-corrected chi connectivity index (χ1v) is 5.37. The molecule has 1 heterocycles. The van der Waals surface area contributed by atoms with Crippen LogP contribution in [0.5, 0.6) is 0 Å². The highest BCUT2D eigenvalue weighted by Gasteiger charge is 2.33. The van der Waals surface area contributed by atoms with Crippen LogP contribution >= 0.6 is 0 Å². The lowest BCUT2D eigenvalue weighted by Gasteiger charge is -2.12. The van der Waals surface area contributed by atoms with E-state index in [1.54, 1.807) is 31.2 Å². The summed E-state index contributed by atoms with van der Waals surface area (Å²) in [6, 6.07) is 7.64. The Kier molecular flexibility index (Phi) is 3.13. The van der Waals surface area contributed by atoms with Crippen LogP contribution in [0.4, 0.5) is 13.2 Å². The summed E-state index contributed by atoms with van der Waals surface area (Å²) in [7, 11) is 0. The van der Waals surface area contributed by atoms with Crippen LogP contribution in [0, 0.1) is 0 Å². The van der Waals surface area contributed by atoms with E-state index in [0.717, 1.165) is 11.6 Å². The number of hydrogen-bond acceptors (Lipinski definition) is 2. The molecule has 1 aromatic carbocycles. The van der Waals surface area contributed by atoms with Gasteiger partial charge in [0.2, 0.25) is 0 Å². The van der Waals surface area contributed by atoms with E-state index in [-0.39, 0.29) is 6.04 Å². The van der Waals surface area contributed by atoms with Crippen LogP contribution in [0.3, 0.4) is 0 Å². The van der Waals surface area contributed by atoms with Crippen molar-refractivity contribution in [1.29, 1.82) is 0 Å². The molecule has 0 amide bonds. The summed E-state index contributed by atoms with van der Waals surface area (Å²) in [6.45, 7) is 1.77. The molecule has 96 valence electrons. The van der Waals surface area contributed by atoms with E-state index in [9.17, 15) is 13.2 Å². The van der Waals surface area contributed by atoms with Gasteiger partial charge in [-0.2, -0.15) is 18.3 Å². The highest BCUT2D eigenvalue weighted by molar-refractivity contribution is 5.42. The molecule has 0 unspecified atom stereocenters. The van der Waals surface area contributed by atoms with Crippen molar-refractivity contribution in [3.8, 4) is 5.69 Å². The molecule has 1 aromatic heterocycles. The molecule has 2 rings (SSSR count). The van der Waals surface area contributed by atoms with Crippen molar-refractivity contribution in [1.82, 2.24) is 9.78 Å². The lowest BCUT2D eigenvalue weighted by molar-refractivity contribution is -0.141. The largest absolute Gasteiger partial charge is 0.435 e. The maximum Gasteiger partial charge on any atom is 0.435 e. The summed E-state index contributed by atoms with van der Waals surface area (Å²) in [5, 5.41) is 3.53. The number of nitrogens with zero attached hydrogens (tertiary/aromatic N) is 2. The topological polar surface area (TPSA) is 43.8 Å². The van der Waals surface area contributed by atoms with E-state index in [0.29, 0.717) is 5.69 Å². The maximum absolute atomic E-state index is 12.5. The number of nitrogens with two attached hydrogens (primary N) is 1. The second kappa shape index (κ2) is 4.45. The van der Waals surface area contributed by atoms with Gasteiger partial charge in [-0.3, -0.25) is 0 Å². The van der Waals surface area contributed by atoms with Crippen molar-refractivity contribution in [2.75, 3.05) is 0 Å². The third-order valence-corrected chi connectivity index (χ3v) is 2.55. The van der Waals surface area contributed by atoms with Crippen LogP contribution in [0.15, 0.2) is 36.5 Å². The molecule has 0 aliphatic rings. The molecule has 18 heavy (non-hydrogen) atoms. The van der Waals surface area contributed by atoms with Gasteiger partial charge in [-0.15, -0.1) is 0 Å². The minimum Gasteiger partial charge on any atom is -0.324 e. The van der Waals surface area contributed by atoms with Gasteiger partial charge in [-0.05, 0) is 24.6 Å². The number of hydrogen-bond donors (Lipinski definition) is 1. The van der Waals surface area contributed by atoms with Crippen LogP contribution < -0.4 is 5.73 Å². The molecule has 1 atom stereocenters. The minimum atomic E-state index is -4.44. The molecule has 3 nitrogen and oxygen atoms in total. The molecular weight excluding hydrogens is 243 g/mol. The first-order chi connectivity index (χ1) is 8.39. The Morgan fingerprint density at radius 1 is 1.22 bits per heavy atom. The monoisotopic (exact) mass is 255 g/mol. The zero-order valence-electron chi connectivity index (χ0n) is 9.65. The van der Waals surface area contributed by atoms with Gasteiger partial charge in [-0.1, -0.05) is 18.2 Å². The van der Waals surface area contributed by atoms with Gasteiger partial charge in [0, 0.05) is 12.2 Å². The molecule has 0 radical (unpaired) electrons. The van der Waals surface area contributed by atoms with E-state index >= 15 is 0 Å². The minimum absolute atomic E-state index is 0.278. The Hall–Kier alpha value is -1.82. The second-order valence-electron chi connectivity index (χ2n) is 3.99. The predicted octanol–water partition coefficient (Wildman–Crippen LogP) is 2.91. The molecule has 2 N–H and O–H groups in total. The number of aromatic nitrogens is 2. The number of benzene rings is 1. The summed E-state index contributed by atoms with van der Waals surface area (Å²) in [4.78, 5) is 0. The molecular formula is C12H12F3N3. The van der Waals surface area contributed by atoms with Crippen molar-refractivity contribution >= 4 is 0 Å². The Labute approximate surface area is 102 Å². The zero-order valence-corrected chi connectivity index (χ0v) is 9.65. The number of halogens is 3. The van der Waals surface area contributed by atoms with Gasteiger partial charge in [-0.25, -0.2) is 4.68 Å². The summed E-state index contributed by atoms with van der Waals surface area (Å²) < 4.78 is 38.6. The average Bonchev–Trinajstić information content (AvgIpc) is 2.77. The van der Waals surface area contributed by atoms with Gasteiger partial charge in [0.25, 0.3) is 0 Å². The smallest absolute Gasteiger partial charge is 0.324 e. The molecule has 0 saturated carbocycles. The Balaban J connectivity index is 2.47. The van der Waals surface area contributed by atoms with Crippen molar-refractivity contribution < 1.29 is 13.2 Å². The lowest BCUT2D eigenvalue weighted by atomic mass is 10.1. The standard InChI is InChI=1S/C12H12F3N3/c1-8(16)9-4-2-3-5-10(9)18-7-6-11(17-18)12(13,14)15/h2-8H,16H2,1H3/t8-/m0/s1. The van der Waals surface area contributed by atoms with Crippen molar-refractivity contribution in [3.05, 3.63) is 47.8 Å². The molecule has 0 saturated heterocycles. The van der Waals surface area contributed by atoms with Crippen LogP contribution in [0.25, 0.3) is 5.69 Å². The summed E-state index contributed by atoms with van der Waals surface area (Å²) >= 11 is 0. The number of alkyl halides is 3. The fourth-order valence-corrected chi connectivity index (χ4v) is 1.69. The van der Waals surface area contributed by atoms with Gasteiger partial charge in [0.05, 0.1) is 5.69 Å². The van der Waals surface area contributed by atoms with Crippen LogP contribution in [-0.2, 0) is 6.18 Å². The molecule has 0 spiro atoms. The van der Waals surface area contributed by atoms with Crippen LogP contribution in [-0.4, -0.2) is 9.78 Å². The number of para-hydroxylation sites is 1. The van der Waals surface area contributed by atoms with E-state index in [4.69, 9.17) is 5.73 Å². The van der Waals surface area contributed by atoms with Gasteiger partial charge in [0.1, 0.15) is 0 Å². The summed E-state index contributed by atoms with van der Waals surface area (Å²) in [6.07, 6.45) is -3.15. The van der Waals surface area contributed by atoms with Gasteiger partial charge in [0.15, 0.2) is 5.69 Å². The highest BCUT2D eigenvalue weighted by atomic mass is 19.4. The Bertz CT molecular complexity index is 543. The third-order valence-electron chi connectivity index (χ3n) is 2.55. The van der Waals surface area contributed by atoms with Gasteiger partial charge < -0.3 is 5.73 Å². The van der Waals surface area contributed by atoms with Crippen molar-refractivity contribution in [2.24, 2.45) is 5.73 Å². The molecule has 0 aliphatic carbocycles. The molecule has 0 fully saturated rings. The first-order valence-electron chi connectivity index (χ1n) is 5.37. The third kappa shape index (κ3) is 2.38. The van der Waals surface area contributed by atoms with Crippen LogP contribution in [0.1, 0.15) is 24.2 Å². The summed E-state index contributed by atoms with van der Waals surface area (Å²) in [5.74, 6) is 0. The van der Waals surface area contributed by atoms with Gasteiger partial charge >= 0.3 is 6.18 Å². The zero-order chi connectivity index (χ0) is 13.3. The average molecular weight is 255 g/mol.